The van der Waals surface area contributed by atoms with E-state index in [0.29, 0.717) is 17.0 Å². The Hall–Kier alpha value is -1.94. The van der Waals surface area contributed by atoms with Crippen LogP contribution >= 0.6 is 11.3 Å². The molecule has 2 atom stereocenters. The summed E-state index contributed by atoms with van der Waals surface area (Å²) in [4.78, 5) is 38.2. The van der Waals surface area contributed by atoms with Crippen molar-refractivity contribution >= 4 is 44.0 Å². The number of thiophene rings is 1. The van der Waals surface area contributed by atoms with Gasteiger partial charge in [-0.05, 0) is 32.8 Å². The first-order chi connectivity index (χ1) is 13.2. The lowest BCUT2D eigenvalue weighted by molar-refractivity contribution is -0.129. The molecule has 2 amide bonds. The fraction of sp³-hybridized carbons (Fsp3) is 0.632. The fourth-order valence-electron chi connectivity index (χ4n) is 2.75. The van der Waals surface area contributed by atoms with Crippen molar-refractivity contribution in [2.45, 2.75) is 60.1 Å². The molecule has 1 aromatic rings. The average molecular weight is 445 g/mol. The summed E-state index contributed by atoms with van der Waals surface area (Å²) in [5, 5.41) is 5.78. The largest absolute Gasteiger partial charge is 0.449 e. The third-order valence-corrected chi connectivity index (χ3v) is 7.62. The van der Waals surface area contributed by atoms with Crippen molar-refractivity contribution in [3.05, 3.63) is 16.0 Å². The molecule has 2 N–H and O–H groups in total. The SMILES string of the molecule is Cc1sc(NC(=O)C(C)(C)C)c(C(=O)O[C@H](C)C(=O)N[C@H]2CCS(=O)(=O)C2)c1C. The van der Waals surface area contributed by atoms with Gasteiger partial charge in [0.15, 0.2) is 15.9 Å². The van der Waals surface area contributed by atoms with Gasteiger partial charge in [-0.2, -0.15) is 0 Å². The minimum absolute atomic E-state index is 0.0380. The van der Waals surface area contributed by atoms with E-state index in [2.05, 4.69) is 10.6 Å². The molecule has 0 aliphatic carbocycles. The molecule has 10 heteroatoms. The predicted octanol–water partition coefficient (Wildman–Crippen LogP) is 2.20. The maximum absolute atomic E-state index is 12.7. The Morgan fingerprint density at radius 2 is 1.83 bits per heavy atom. The first-order valence-corrected chi connectivity index (χ1v) is 12.0. The number of esters is 1. The average Bonchev–Trinajstić information content (AvgIpc) is 3.05. The summed E-state index contributed by atoms with van der Waals surface area (Å²) in [6.07, 6.45) is -0.753. The molecule has 1 aromatic heterocycles. The van der Waals surface area contributed by atoms with Crippen molar-refractivity contribution in [3.63, 3.8) is 0 Å². The summed E-state index contributed by atoms with van der Waals surface area (Å²) in [5.74, 6) is -1.56. The topological polar surface area (TPSA) is 119 Å². The minimum Gasteiger partial charge on any atom is -0.449 e. The number of hydrogen-bond acceptors (Lipinski definition) is 7. The van der Waals surface area contributed by atoms with Crippen LogP contribution in [0.2, 0.25) is 0 Å². The smallest absolute Gasteiger partial charge is 0.342 e. The number of nitrogens with one attached hydrogen (secondary N) is 2. The van der Waals surface area contributed by atoms with Gasteiger partial charge in [-0.3, -0.25) is 9.59 Å². The molecule has 1 saturated heterocycles. The maximum Gasteiger partial charge on any atom is 0.342 e. The van der Waals surface area contributed by atoms with Crippen molar-refractivity contribution in [2.75, 3.05) is 16.8 Å². The van der Waals surface area contributed by atoms with Crippen LogP contribution in [0.4, 0.5) is 5.00 Å². The first kappa shape index (κ1) is 23.3. The van der Waals surface area contributed by atoms with Gasteiger partial charge in [0.25, 0.3) is 5.91 Å². The third kappa shape index (κ3) is 5.79. The van der Waals surface area contributed by atoms with E-state index >= 15 is 0 Å². The van der Waals surface area contributed by atoms with E-state index in [4.69, 9.17) is 4.74 Å². The van der Waals surface area contributed by atoms with Crippen LogP contribution in [0.3, 0.4) is 0 Å². The van der Waals surface area contributed by atoms with Crippen molar-refractivity contribution in [2.24, 2.45) is 5.41 Å². The van der Waals surface area contributed by atoms with Crippen molar-refractivity contribution in [1.82, 2.24) is 5.32 Å². The molecule has 162 valence electrons. The number of sulfone groups is 1. The number of carbonyl (C=O) groups excluding carboxylic acids is 3. The molecule has 1 aliphatic rings. The summed E-state index contributed by atoms with van der Waals surface area (Å²) < 4.78 is 28.4. The second kappa shape index (κ2) is 8.43. The molecule has 1 aliphatic heterocycles. The molecule has 2 heterocycles. The second-order valence-electron chi connectivity index (χ2n) is 8.35. The zero-order chi connectivity index (χ0) is 22.1. The Labute approximate surface area is 175 Å². The van der Waals surface area contributed by atoms with Gasteiger partial charge in [0.2, 0.25) is 5.91 Å². The van der Waals surface area contributed by atoms with Crippen LogP contribution in [0.1, 0.15) is 54.9 Å². The standard InChI is InChI=1S/C19H28N2O6S2/c1-10-12(3)28-16(21-18(24)19(4,5)6)14(10)17(23)27-11(2)15(22)20-13-7-8-29(25,26)9-13/h11,13H,7-9H2,1-6H3,(H,20,22)(H,21,24)/t11-,13+/m1/s1. The van der Waals surface area contributed by atoms with Gasteiger partial charge in [-0.25, -0.2) is 13.2 Å². The van der Waals surface area contributed by atoms with Gasteiger partial charge in [0, 0.05) is 16.3 Å². The highest BCUT2D eigenvalue weighted by Crippen LogP contribution is 2.34. The minimum atomic E-state index is -3.13. The normalized spacial score (nSPS) is 19.4. The highest BCUT2D eigenvalue weighted by molar-refractivity contribution is 7.91. The van der Waals surface area contributed by atoms with Gasteiger partial charge < -0.3 is 15.4 Å². The van der Waals surface area contributed by atoms with E-state index in [9.17, 15) is 22.8 Å². The van der Waals surface area contributed by atoms with Crippen molar-refractivity contribution < 1.29 is 27.5 Å². The van der Waals surface area contributed by atoms with Crippen LogP contribution in [-0.4, -0.2) is 49.9 Å². The Kier molecular flexibility index (Phi) is 6.79. The van der Waals surface area contributed by atoms with E-state index in [1.54, 1.807) is 27.7 Å². The number of amides is 2. The monoisotopic (exact) mass is 444 g/mol. The molecular formula is C19H28N2O6S2. The maximum atomic E-state index is 12.7. The summed E-state index contributed by atoms with van der Waals surface area (Å²) in [6.45, 7) is 10.3. The van der Waals surface area contributed by atoms with E-state index in [1.807, 2.05) is 6.92 Å². The Bertz CT molecular complexity index is 927. The highest BCUT2D eigenvalue weighted by Gasteiger charge is 2.32. The Balaban J connectivity index is 2.09. The van der Waals surface area contributed by atoms with Crippen LogP contribution in [-0.2, 0) is 24.2 Å². The molecule has 0 unspecified atom stereocenters. The molecule has 8 nitrogen and oxygen atoms in total. The van der Waals surface area contributed by atoms with Crippen LogP contribution in [0.15, 0.2) is 0 Å². The van der Waals surface area contributed by atoms with Crippen molar-refractivity contribution in [3.8, 4) is 0 Å². The van der Waals surface area contributed by atoms with E-state index in [0.717, 1.165) is 4.88 Å². The molecule has 0 bridgehead atoms. The van der Waals surface area contributed by atoms with Crippen LogP contribution in [0.25, 0.3) is 0 Å². The van der Waals surface area contributed by atoms with Crippen LogP contribution in [0, 0.1) is 19.3 Å². The molecule has 0 saturated carbocycles. The van der Waals surface area contributed by atoms with Crippen molar-refractivity contribution in [1.29, 1.82) is 0 Å². The Morgan fingerprint density at radius 1 is 1.21 bits per heavy atom. The third-order valence-electron chi connectivity index (χ3n) is 4.73. The van der Waals surface area contributed by atoms with E-state index in [1.165, 1.54) is 18.3 Å². The summed E-state index contributed by atoms with van der Waals surface area (Å²) >= 11 is 1.28. The van der Waals surface area contributed by atoms with E-state index in [-0.39, 0.29) is 23.0 Å². The zero-order valence-corrected chi connectivity index (χ0v) is 19.2. The predicted molar refractivity (Wildman–Crippen MR) is 112 cm³/mol. The van der Waals surface area contributed by atoms with Gasteiger partial charge in [0.1, 0.15) is 5.00 Å². The lowest BCUT2D eigenvalue weighted by Crippen LogP contribution is -2.42. The number of rotatable bonds is 5. The van der Waals surface area contributed by atoms with Gasteiger partial charge in [0.05, 0.1) is 17.1 Å². The second-order valence-corrected chi connectivity index (χ2v) is 11.8. The summed E-state index contributed by atoms with van der Waals surface area (Å²) in [7, 11) is -3.13. The molecule has 2 rings (SSSR count). The molecule has 0 spiro atoms. The lowest BCUT2D eigenvalue weighted by atomic mass is 9.96. The highest BCUT2D eigenvalue weighted by atomic mass is 32.2. The molecular weight excluding hydrogens is 416 g/mol. The first-order valence-electron chi connectivity index (χ1n) is 9.34. The molecule has 0 aromatic carbocycles. The summed E-state index contributed by atoms with van der Waals surface area (Å²) in [5.41, 5.74) is 0.272. The number of anilines is 1. The lowest BCUT2D eigenvalue weighted by Gasteiger charge is -2.19. The van der Waals surface area contributed by atoms with Gasteiger partial charge in [-0.15, -0.1) is 11.3 Å². The fourth-order valence-corrected chi connectivity index (χ4v) is 5.47. The van der Waals surface area contributed by atoms with Crippen LogP contribution in [0.5, 0.6) is 0 Å². The molecule has 1 fully saturated rings. The zero-order valence-electron chi connectivity index (χ0n) is 17.5. The number of aryl methyl sites for hydroxylation is 1. The number of ether oxygens (including phenoxy) is 1. The molecule has 29 heavy (non-hydrogen) atoms. The van der Waals surface area contributed by atoms with Crippen LogP contribution < -0.4 is 10.6 Å². The van der Waals surface area contributed by atoms with Gasteiger partial charge >= 0.3 is 5.97 Å². The quantitative estimate of drug-likeness (QED) is 0.672. The number of carbonyl (C=O) groups is 3. The van der Waals surface area contributed by atoms with Gasteiger partial charge in [-0.1, -0.05) is 20.8 Å². The number of hydrogen-bond donors (Lipinski definition) is 2. The molecule has 0 radical (unpaired) electrons. The van der Waals surface area contributed by atoms with E-state index < -0.39 is 39.3 Å². The summed E-state index contributed by atoms with van der Waals surface area (Å²) in [6, 6.07) is -0.472. The Morgan fingerprint density at radius 3 is 2.34 bits per heavy atom.